The molecule has 8 heteroatoms. The molecule has 2 heterocycles. The Hall–Kier alpha value is -2.54. The third-order valence-corrected chi connectivity index (χ3v) is 4.83. The van der Waals surface area contributed by atoms with Crippen LogP contribution in [0.3, 0.4) is 0 Å². The van der Waals surface area contributed by atoms with Crippen LogP contribution < -0.4 is 15.0 Å². The van der Waals surface area contributed by atoms with Gasteiger partial charge < -0.3 is 14.2 Å². The van der Waals surface area contributed by atoms with Crippen LogP contribution in [0.1, 0.15) is 24.6 Å². The maximum absolute atomic E-state index is 12.5. The summed E-state index contributed by atoms with van der Waals surface area (Å²) >= 11 is 6.13. The number of carbonyl (C=O) groups is 2. The number of halogens is 1. The predicted octanol–water partition coefficient (Wildman–Crippen LogP) is 3.20. The van der Waals surface area contributed by atoms with Crippen molar-refractivity contribution in [3.8, 4) is 5.75 Å². The molecule has 138 valence electrons. The number of aromatic nitrogens is 1. The molecular formula is C18H20ClN3O4. The van der Waals surface area contributed by atoms with Crippen molar-refractivity contribution in [3.63, 3.8) is 0 Å². The van der Waals surface area contributed by atoms with Crippen molar-refractivity contribution in [2.75, 3.05) is 23.9 Å². The van der Waals surface area contributed by atoms with E-state index in [0.717, 1.165) is 17.7 Å². The van der Waals surface area contributed by atoms with E-state index in [1.807, 2.05) is 13.8 Å². The van der Waals surface area contributed by atoms with Gasteiger partial charge in [0.2, 0.25) is 17.7 Å². The first kappa shape index (κ1) is 18.3. The summed E-state index contributed by atoms with van der Waals surface area (Å²) in [6.45, 7) is 4.08. The number of rotatable bonds is 5. The molecule has 1 fully saturated rings. The number of aryl methyl sites for hydroxylation is 1. The molecule has 1 saturated heterocycles. The molecule has 0 radical (unpaired) electrons. The first-order valence-electron chi connectivity index (χ1n) is 8.34. The van der Waals surface area contributed by atoms with Crippen LogP contribution in [0.5, 0.6) is 5.75 Å². The summed E-state index contributed by atoms with van der Waals surface area (Å²) in [4.78, 5) is 26.4. The minimum atomic E-state index is -0.474. The van der Waals surface area contributed by atoms with Crippen molar-refractivity contribution >= 4 is 35.0 Å². The van der Waals surface area contributed by atoms with E-state index >= 15 is 0 Å². The molecule has 1 aliphatic heterocycles. The summed E-state index contributed by atoms with van der Waals surface area (Å²) in [6, 6.07) is 5.10. The molecule has 2 aromatic rings. The summed E-state index contributed by atoms with van der Waals surface area (Å²) in [6.07, 6.45) is 0.850. The molecule has 0 aliphatic carbocycles. The van der Waals surface area contributed by atoms with Crippen LogP contribution in [0.4, 0.5) is 11.6 Å². The topological polar surface area (TPSA) is 84.7 Å². The second kappa shape index (κ2) is 7.37. The van der Waals surface area contributed by atoms with E-state index in [0.29, 0.717) is 22.3 Å². The number of methoxy groups -OCH3 is 1. The lowest BCUT2D eigenvalue weighted by Gasteiger charge is -2.17. The van der Waals surface area contributed by atoms with Gasteiger partial charge in [0, 0.05) is 24.2 Å². The minimum absolute atomic E-state index is 0.128. The Labute approximate surface area is 156 Å². The molecule has 3 rings (SSSR count). The number of hydrogen-bond acceptors (Lipinski definition) is 5. The first-order chi connectivity index (χ1) is 12.4. The third kappa shape index (κ3) is 3.39. The van der Waals surface area contributed by atoms with E-state index in [1.54, 1.807) is 23.1 Å². The Bertz CT molecular complexity index is 849. The standard InChI is InChI=1S/C18H20ClN3O4/c1-4-14-10(2)18(26-21-14)20-17(24)11-7-16(23)22(9-11)12-5-6-15(25-3)13(19)8-12/h5-6,8,11H,4,7,9H2,1-3H3,(H,20,24). The van der Waals surface area contributed by atoms with Gasteiger partial charge in [-0.3, -0.25) is 14.9 Å². The molecule has 0 spiro atoms. The number of nitrogens with zero attached hydrogens (tertiary/aromatic N) is 2. The molecule has 1 aromatic carbocycles. The van der Waals surface area contributed by atoms with Crippen LogP contribution in [0.15, 0.2) is 22.7 Å². The Kier molecular flexibility index (Phi) is 5.18. The maximum atomic E-state index is 12.5. The predicted molar refractivity (Wildman–Crippen MR) is 97.7 cm³/mol. The lowest BCUT2D eigenvalue weighted by Crippen LogP contribution is -2.28. The number of nitrogens with one attached hydrogen (secondary N) is 1. The van der Waals surface area contributed by atoms with Gasteiger partial charge in [-0.1, -0.05) is 23.7 Å². The zero-order valence-electron chi connectivity index (χ0n) is 14.8. The maximum Gasteiger partial charge on any atom is 0.234 e. The van der Waals surface area contributed by atoms with Crippen molar-refractivity contribution in [3.05, 3.63) is 34.5 Å². The van der Waals surface area contributed by atoms with Gasteiger partial charge in [0.15, 0.2) is 0 Å². The zero-order valence-corrected chi connectivity index (χ0v) is 15.6. The van der Waals surface area contributed by atoms with Gasteiger partial charge in [0.1, 0.15) is 5.75 Å². The summed E-state index contributed by atoms with van der Waals surface area (Å²) in [5.74, 6) is 0.00403. The molecule has 0 bridgehead atoms. The molecule has 1 aromatic heterocycles. The first-order valence-corrected chi connectivity index (χ1v) is 8.72. The molecule has 1 aliphatic rings. The summed E-state index contributed by atoms with van der Waals surface area (Å²) < 4.78 is 10.3. The van der Waals surface area contributed by atoms with Crippen LogP contribution in [0, 0.1) is 12.8 Å². The lowest BCUT2D eigenvalue weighted by molar-refractivity contribution is -0.122. The second-order valence-electron chi connectivity index (χ2n) is 6.15. The van der Waals surface area contributed by atoms with Gasteiger partial charge in [-0.15, -0.1) is 0 Å². The van der Waals surface area contributed by atoms with Crippen molar-refractivity contribution in [2.24, 2.45) is 5.92 Å². The monoisotopic (exact) mass is 377 g/mol. The summed E-state index contributed by atoms with van der Waals surface area (Å²) in [5, 5.41) is 7.07. The van der Waals surface area contributed by atoms with E-state index in [4.69, 9.17) is 20.9 Å². The van der Waals surface area contributed by atoms with Crippen molar-refractivity contribution < 1.29 is 18.8 Å². The highest BCUT2D eigenvalue weighted by atomic mass is 35.5. The summed E-state index contributed by atoms with van der Waals surface area (Å²) in [7, 11) is 1.53. The number of carbonyl (C=O) groups excluding carboxylic acids is 2. The minimum Gasteiger partial charge on any atom is -0.495 e. The van der Waals surface area contributed by atoms with E-state index in [-0.39, 0.29) is 24.8 Å². The average Bonchev–Trinajstić information content (AvgIpc) is 3.18. The van der Waals surface area contributed by atoms with Gasteiger partial charge in [-0.05, 0) is 31.5 Å². The quantitative estimate of drug-likeness (QED) is 0.864. The lowest BCUT2D eigenvalue weighted by atomic mass is 10.1. The Morgan fingerprint density at radius 3 is 2.88 bits per heavy atom. The van der Waals surface area contributed by atoms with Crippen LogP contribution in [-0.4, -0.2) is 30.6 Å². The molecule has 1 unspecified atom stereocenters. The SMILES string of the molecule is CCc1noc(NC(=O)C2CC(=O)N(c3ccc(OC)c(Cl)c3)C2)c1C. The van der Waals surface area contributed by atoms with Crippen molar-refractivity contribution in [1.29, 1.82) is 0 Å². The van der Waals surface area contributed by atoms with Gasteiger partial charge in [0.25, 0.3) is 0 Å². The summed E-state index contributed by atoms with van der Waals surface area (Å²) in [5.41, 5.74) is 2.25. The number of ether oxygens (including phenoxy) is 1. The molecule has 1 atom stereocenters. The number of benzene rings is 1. The van der Waals surface area contributed by atoms with Gasteiger partial charge >= 0.3 is 0 Å². The molecular weight excluding hydrogens is 358 g/mol. The normalized spacial score (nSPS) is 16.8. The Morgan fingerprint density at radius 1 is 1.50 bits per heavy atom. The fourth-order valence-electron chi connectivity index (χ4n) is 2.98. The van der Waals surface area contributed by atoms with E-state index in [1.165, 1.54) is 7.11 Å². The highest BCUT2D eigenvalue weighted by Gasteiger charge is 2.36. The van der Waals surface area contributed by atoms with Gasteiger partial charge in [-0.2, -0.15) is 0 Å². The van der Waals surface area contributed by atoms with Gasteiger partial charge in [-0.25, -0.2) is 0 Å². The molecule has 2 amide bonds. The largest absolute Gasteiger partial charge is 0.495 e. The van der Waals surface area contributed by atoms with Gasteiger partial charge in [0.05, 0.1) is 23.7 Å². The van der Waals surface area contributed by atoms with E-state index in [9.17, 15) is 9.59 Å². The number of hydrogen-bond donors (Lipinski definition) is 1. The average molecular weight is 378 g/mol. The number of amides is 2. The zero-order chi connectivity index (χ0) is 18.8. The van der Waals surface area contributed by atoms with Crippen molar-refractivity contribution in [1.82, 2.24) is 5.16 Å². The smallest absolute Gasteiger partial charge is 0.234 e. The van der Waals surface area contributed by atoms with Crippen LogP contribution in [0.2, 0.25) is 5.02 Å². The molecule has 0 saturated carbocycles. The fourth-order valence-corrected chi connectivity index (χ4v) is 3.24. The molecule has 26 heavy (non-hydrogen) atoms. The van der Waals surface area contributed by atoms with E-state index < -0.39 is 5.92 Å². The highest BCUT2D eigenvalue weighted by molar-refractivity contribution is 6.32. The molecule has 7 nitrogen and oxygen atoms in total. The highest BCUT2D eigenvalue weighted by Crippen LogP contribution is 2.32. The Balaban J connectivity index is 1.71. The molecule has 1 N–H and O–H groups in total. The van der Waals surface area contributed by atoms with Crippen LogP contribution in [-0.2, 0) is 16.0 Å². The van der Waals surface area contributed by atoms with Crippen molar-refractivity contribution in [2.45, 2.75) is 26.7 Å². The van der Waals surface area contributed by atoms with E-state index in [2.05, 4.69) is 10.5 Å². The van der Waals surface area contributed by atoms with Crippen LogP contribution >= 0.6 is 11.6 Å². The Morgan fingerprint density at radius 2 is 2.27 bits per heavy atom. The third-order valence-electron chi connectivity index (χ3n) is 4.54. The fraction of sp³-hybridized carbons (Fsp3) is 0.389. The second-order valence-corrected chi connectivity index (χ2v) is 6.56. The van der Waals surface area contributed by atoms with Crippen LogP contribution in [0.25, 0.3) is 0 Å². The number of anilines is 2.